The van der Waals surface area contributed by atoms with Gasteiger partial charge in [-0.15, -0.1) is 0 Å². The first-order chi connectivity index (χ1) is 8.74. The van der Waals surface area contributed by atoms with Gasteiger partial charge in [-0.2, -0.15) is 5.26 Å². The van der Waals surface area contributed by atoms with Gasteiger partial charge >= 0.3 is 0 Å². The summed E-state index contributed by atoms with van der Waals surface area (Å²) < 4.78 is 0. The van der Waals surface area contributed by atoms with Crippen LogP contribution in [0.2, 0.25) is 0 Å². The number of benzene rings is 1. The van der Waals surface area contributed by atoms with E-state index in [1.807, 2.05) is 18.3 Å². The molecule has 0 saturated carbocycles. The SMILES string of the molecule is CC(CCN)c1ncc(-c2ccc(C#N)cc2)[nH]1. The molecule has 18 heavy (non-hydrogen) atoms. The second kappa shape index (κ2) is 5.48. The van der Waals surface area contributed by atoms with E-state index in [1.165, 1.54) is 0 Å². The molecule has 1 aromatic heterocycles. The first-order valence-electron chi connectivity index (χ1n) is 6.00. The summed E-state index contributed by atoms with van der Waals surface area (Å²) in [4.78, 5) is 7.68. The minimum absolute atomic E-state index is 0.335. The summed E-state index contributed by atoms with van der Waals surface area (Å²) in [5.74, 6) is 1.29. The van der Waals surface area contributed by atoms with Crippen molar-refractivity contribution in [2.75, 3.05) is 6.54 Å². The highest BCUT2D eigenvalue weighted by Crippen LogP contribution is 2.21. The third-order valence-corrected chi connectivity index (χ3v) is 2.99. The fraction of sp³-hybridized carbons (Fsp3) is 0.286. The van der Waals surface area contributed by atoms with Gasteiger partial charge in [0.1, 0.15) is 5.82 Å². The number of nitrogens with zero attached hydrogens (tertiary/aromatic N) is 2. The minimum Gasteiger partial charge on any atom is -0.342 e. The second-order valence-electron chi connectivity index (χ2n) is 4.35. The van der Waals surface area contributed by atoms with Gasteiger partial charge in [-0.1, -0.05) is 19.1 Å². The number of nitriles is 1. The number of H-pyrrole nitrogens is 1. The first-order valence-corrected chi connectivity index (χ1v) is 6.00. The van der Waals surface area contributed by atoms with Gasteiger partial charge in [0.2, 0.25) is 0 Å². The third-order valence-electron chi connectivity index (χ3n) is 2.99. The lowest BCUT2D eigenvalue weighted by molar-refractivity contribution is 0.655. The van der Waals surface area contributed by atoms with E-state index < -0.39 is 0 Å². The van der Waals surface area contributed by atoms with Gasteiger partial charge in [0.05, 0.1) is 23.5 Å². The van der Waals surface area contributed by atoms with Crippen molar-refractivity contribution in [1.29, 1.82) is 5.26 Å². The minimum atomic E-state index is 0.335. The Labute approximate surface area is 106 Å². The maximum absolute atomic E-state index is 8.75. The molecule has 4 heteroatoms. The zero-order valence-corrected chi connectivity index (χ0v) is 10.4. The van der Waals surface area contributed by atoms with Gasteiger partial charge < -0.3 is 10.7 Å². The van der Waals surface area contributed by atoms with E-state index in [1.54, 1.807) is 12.1 Å². The van der Waals surface area contributed by atoms with E-state index in [0.29, 0.717) is 18.0 Å². The summed E-state index contributed by atoms with van der Waals surface area (Å²) in [5.41, 5.74) is 8.21. The number of nitrogens with one attached hydrogen (secondary N) is 1. The molecular weight excluding hydrogens is 224 g/mol. The van der Waals surface area contributed by atoms with Crippen LogP contribution in [0.25, 0.3) is 11.3 Å². The van der Waals surface area contributed by atoms with Crippen LogP contribution in [0.1, 0.15) is 30.7 Å². The molecule has 0 spiro atoms. The van der Waals surface area contributed by atoms with Crippen LogP contribution in [0.5, 0.6) is 0 Å². The van der Waals surface area contributed by atoms with Gasteiger partial charge in [0.25, 0.3) is 0 Å². The lowest BCUT2D eigenvalue weighted by Gasteiger charge is -2.05. The number of aromatic nitrogens is 2. The molecule has 4 nitrogen and oxygen atoms in total. The van der Waals surface area contributed by atoms with Crippen molar-refractivity contribution in [3.63, 3.8) is 0 Å². The lowest BCUT2D eigenvalue weighted by Crippen LogP contribution is -2.05. The quantitative estimate of drug-likeness (QED) is 0.861. The predicted molar refractivity (Wildman–Crippen MR) is 70.8 cm³/mol. The standard InChI is InChI=1S/C14H16N4/c1-10(6-7-15)14-17-9-13(18-14)12-4-2-11(8-16)3-5-12/h2-5,9-10H,6-7,15H2,1H3,(H,17,18). The Bertz CT molecular complexity index is 548. The van der Waals surface area contributed by atoms with Crippen LogP contribution < -0.4 is 5.73 Å². The molecule has 0 aliphatic carbocycles. The summed E-state index contributed by atoms with van der Waals surface area (Å²) in [6.45, 7) is 2.77. The molecule has 1 unspecified atom stereocenters. The van der Waals surface area contributed by atoms with Crippen molar-refractivity contribution in [3.05, 3.63) is 41.9 Å². The van der Waals surface area contributed by atoms with Crippen LogP contribution >= 0.6 is 0 Å². The van der Waals surface area contributed by atoms with Crippen LogP contribution in [-0.2, 0) is 0 Å². The van der Waals surface area contributed by atoms with Crippen molar-refractivity contribution in [2.24, 2.45) is 5.73 Å². The number of rotatable bonds is 4. The molecule has 2 rings (SSSR count). The highest BCUT2D eigenvalue weighted by atomic mass is 14.9. The molecule has 1 heterocycles. The molecular formula is C14H16N4. The van der Waals surface area contributed by atoms with Crippen LogP contribution in [-0.4, -0.2) is 16.5 Å². The summed E-state index contributed by atoms with van der Waals surface area (Å²) in [7, 11) is 0. The van der Waals surface area contributed by atoms with Crippen LogP contribution in [0.3, 0.4) is 0 Å². The molecule has 0 amide bonds. The maximum Gasteiger partial charge on any atom is 0.109 e. The molecule has 0 bridgehead atoms. The average molecular weight is 240 g/mol. The van der Waals surface area contributed by atoms with E-state index >= 15 is 0 Å². The van der Waals surface area contributed by atoms with E-state index in [4.69, 9.17) is 11.0 Å². The molecule has 0 fully saturated rings. The number of imidazole rings is 1. The Kier molecular flexibility index (Phi) is 3.75. The Balaban J connectivity index is 2.21. The predicted octanol–water partition coefficient (Wildman–Crippen LogP) is 2.40. The highest BCUT2D eigenvalue weighted by Gasteiger charge is 2.09. The molecule has 92 valence electrons. The molecule has 1 atom stereocenters. The molecule has 0 aliphatic heterocycles. The van der Waals surface area contributed by atoms with Crippen LogP contribution in [0.15, 0.2) is 30.5 Å². The largest absolute Gasteiger partial charge is 0.342 e. The first kappa shape index (κ1) is 12.3. The van der Waals surface area contributed by atoms with Crippen molar-refractivity contribution >= 4 is 0 Å². The highest BCUT2D eigenvalue weighted by molar-refractivity contribution is 5.59. The smallest absolute Gasteiger partial charge is 0.109 e. The van der Waals surface area contributed by atoms with Crippen LogP contribution in [0, 0.1) is 11.3 Å². The van der Waals surface area contributed by atoms with Crippen molar-refractivity contribution in [3.8, 4) is 17.3 Å². The Morgan fingerprint density at radius 1 is 1.39 bits per heavy atom. The Morgan fingerprint density at radius 3 is 2.72 bits per heavy atom. The molecule has 0 radical (unpaired) electrons. The molecule has 3 N–H and O–H groups in total. The fourth-order valence-corrected chi connectivity index (χ4v) is 1.84. The lowest BCUT2D eigenvalue weighted by atomic mass is 10.1. The molecule has 0 saturated heterocycles. The van der Waals surface area contributed by atoms with Gasteiger partial charge in [-0.3, -0.25) is 0 Å². The maximum atomic E-state index is 8.75. The Hall–Kier alpha value is -2.12. The zero-order chi connectivity index (χ0) is 13.0. The van der Waals surface area contributed by atoms with Gasteiger partial charge in [-0.05, 0) is 30.7 Å². The molecule has 2 aromatic rings. The summed E-state index contributed by atoms with van der Waals surface area (Å²) in [6, 6.07) is 9.56. The topological polar surface area (TPSA) is 78.5 Å². The monoisotopic (exact) mass is 240 g/mol. The number of aromatic amines is 1. The van der Waals surface area contributed by atoms with Gasteiger partial charge in [0.15, 0.2) is 0 Å². The summed E-state index contributed by atoms with van der Waals surface area (Å²) in [6.07, 6.45) is 2.74. The number of hydrogen-bond donors (Lipinski definition) is 2. The summed E-state index contributed by atoms with van der Waals surface area (Å²) >= 11 is 0. The van der Waals surface area contributed by atoms with Gasteiger partial charge in [-0.25, -0.2) is 4.98 Å². The van der Waals surface area contributed by atoms with E-state index in [0.717, 1.165) is 23.5 Å². The average Bonchev–Trinajstić information content (AvgIpc) is 2.89. The van der Waals surface area contributed by atoms with Crippen molar-refractivity contribution in [1.82, 2.24) is 9.97 Å². The van der Waals surface area contributed by atoms with E-state index in [2.05, 4.69) is 23.0 Å². The van der Waals surface area contributed by atoms with Crippen molar-refractivity contribution < 1.29 is 0 Å². The van der Waals surface area contributed by atoms with E-state index in [-0.39, 0.29) is 0 Å². The fourth-order valence-electron chi connectivity index (χ4n) is 1.84. The summed E-state index contributed by atoms with van der Waals surface area (Å²) in [5, 5.41) is 8.75. The number of nitrogens with two attached hydrogens (primary N) is 1. The Morgan fingerprint density at radius 2 is 2.11 bits per heavy atom. The normalized spacial score (nSPS) is 12.1. The molecule has 1 aromatic carbocycles. The zero-order valence-electron chi connectivity index (χ0n) is 10.4. The van der Waals surface area contributed by atoms with Crippen molar-refractivity contribution in [2.45, 2.75) is 19.3 Å². The van der Waals surface area contributed by atoms with E-state index in [9.17, 15) is 0 Å². The number of hydrogen-bond acceptors (Lipinski definition) is 3. The van der Waals surface area contributed by atoms with Crippen LogP contribution in [0.4, 0.5) is 0 Å². The van der Waals surface area contributed by atoms with Gasteiger partial charge in [0, 0.05) is 5.92 Å². The third kappa shape index (κ3) is 2.58. The molecule has 0 aliphatic rings. The second-order valence-corrected chi connectivity index (χ2v) is 4.35.